The summed E-state index contributed by atoms with van der Waals surface area (Å²) in [5.41, 5.74) is 4.98. The second-order valence-electron chi connectivity index (χ2n) is 7.54. The fourth-order valence-electron chi connectivity index (χ4n) is 4.19. The molecule has 3 aromatic rings. The molecule has 2 aromatic carbocycles. The molecule has 27 heavy (non-hydrogen) atoms. The monoisotopic (exact) mass is 363 g/mol. The van der Waals surface area contributed by atoms with Crippen molar-refractivity contribution in [3.8, 4) is 0 Å². The summed E-state index contributed by atoms with van der Waals surface area (Å²) in [6.07, 6.45) is 5.32. The highest BCUT2D eigenvalue weighted by molar-refractivity contribution is 5.87. The minimum absolute atomic E-state index is 0.163. The lowest BCUT2D eigenvalue weighted by molar-refractivity contribution is -0.384. The third-order valence-electron chi connectivity index (χ3n) is 5.60. The maximum atomic E-state index is 11.1. The van der Waals surface area contributed by atoms with Crippen molar-refractivity contribution in [1.29, 1.82) is 0 Å². The zero-order valence-electron chi connectivity index (χ0n) is 15.6. The molecular weight excluding hydrogens is 338 g/mol. The Bertz CT molecular complexity index is 949. The van der Waals surface area contributed by atoms with Crippen molar-refractivity contribution in [2.75, 3.05) is 0 Å². The molecule has 0 radical (unpaired) electrons. The van der Waals surface area contributed by atoms with Crippen LogP contribution in [0.2, 0.25) is 0 Å². The molecule has 1 heterocycles. The summed E-state index contributed by atoms with van der Waals surface area (Å²) < 4.78 is 0. The SMILES string of the molecule is CC(CCc1ccccc1)NC1CCCc2c1[nH]c1ccc([N+](=O)[O-])cc21. The molecule has 4 rings (SSSR count). The van der Waals surface area contributed by atoms with E-state index in [1.807, 2.05) is 6.07 Å². The van der Waals surface area contributed by atoms with Crippen molar-refractivity contribution in [2.24, 2.45) is 0 Å². The van der Waals surface area contributed by atoms with Gasteiger partial charge < -0.3 is 10.3 Å². The van der Waals surface area contributed by atoms with Crippen molar-refractivity contribution < 1.29 is 4.92 Å². The van der Waals surface area contributed by atoms with Crippen LogP contribution in [0.1, 0.15) is 49.0 Å². The van der Waals surface area contributed by atoms with Gasteiger partial charge in [-0.3, -0.25) is 10.1 Å². The Morgan fingerprint density at radius 1 is 1.26 bits per heavy atom. The van der Waals surface area contributed by atoms with Gasteiger partial charge in [0.15, 0.2) is 0 Å². The van der Waals surface area contributed by atoms with E-state index >= 15 is 0 Å². The third kappa shape index (κ3) is 3.74. The first-order valence-corrected chi connectivity index (χ1v) is 9.70. The molecule has 1 aromatic heterocycles. The van der Waals surface area contributed by atoms with E-state index in [0.29, 0.717) is 6.04 Å². The quantitative estimate of drug-likeness (QED) is 0.475. The lowest BCUT2D eigenvalue weighted by Crippen LogP contribution is -2.33. The summed E-state index contributed by atoms with van der Waals surface area (Å²) in [4.78, 5) is 14.3. The van der Waals surface area contributed by atoms with Gasteiger partial charge in [0.05, 0.1) is 4.92 Å². The van der Waals surface area contributed by atoms with Gasteiger partial charge in [-0.1, -0.05) is 30.3 Å². The first kappa shape index (κ1) is 17.7. The Morgan fingerprint density at radius 2 is 2.07 bits per heavy atom. The number of benzene rings is 2. The minimum atomic E-state index is -0.316. The summed E-state index contributed by atoms with van der Waals surface area (Å²) in [7, 11) is 0. The van der Waals surface area contributed by atoms with Crippen LogP contribution in [0.25, 0.3) is 10.9 Å². The Morgan fingerprint density at radius 3 is 2.85 bits per heavy atom. The van der Waals surface area contributed by atoms with Crippen molar-refractivity contribution in [3.05, 3.63) is 75.5 Å². The van der Waals surface area contributed by atoms with E-state index in [1.165, 1.54) is 16.8 Å². The molecule has 2 N–H and O–H groups in total. The smallest absolute Gasteiger partial charge is 0.270 e. The Labute approximate surface area is 158 Å². The number of aryl methyl sites for hydroxylation is 2. The normalized spacial score (nSPS) is 17.6. The van der Waals surface area contributed by atoms with Crippen LogP contribution >= 0.6 is 0 Å². The highest BCUT2D eigenvalue weighted by Gasteiger charge is 2.26. The van der Waals surface area contributed by atoms with Gasteiger partial charge in [0.25, 0.3) is 5.69 Å². The van der Waals surface area contributed by atoms with Crippen molar-refractivity contribution in [3.63, 3.8) is 0 Å². The number of fused-ring (bicyclic) bond motifs is 3. The van der Waals surface area contributed by atoms with Crippen molar-refractivity contribution in [2.45, 2.75) is 51.1 Å². The van der Waals surface area contributed by atoms with Crippen LogP contribution < -0.4 is 5.32 Å². The van der Waals surface area contributed by atoms with Crippen LogP contribution in [0.3, 0.4) is 0 Å². The maximum absolute atomic E-state index is 11.1. The van der Waals surface area contributed by atoms with Crippen LogP contribution in [0.5, 0.6) is 0 Å². The second-order valence-corrected chi connectivity index (χ2v) is 7.54. The van der Waals surface area contributed by atoms with Crippen LogP contribution in [-0.2, 0) is 12.8 Å². The standard InChI is InChI=1S/C22H25N3O2/c1-15(10-11-16-6-3-2-4-7-16)23-21-9-5-8-18-19-14-17(25(26)27)12-13-20(19)24-22(18)21/h2-4,6-7,12-15,21,23-24H,5,8-11H2,1H3. The van der Waals surface area contributed by atoms with Gasteiger partial charge in [-0.2, -0.15) is 0 Å². The number of nitro groups is 1. The average Bonchev–Trinajstić information content (AvgIpc) is 3.06. The summed E-state index contributed by atoms with van der Waals surface area (Å²) in [6.45, 7) is 2.24. The molecule has 0 fully saturated rings. The summed E-state index contributed by atoms with van der Waals surface area (Å²) in [5, 5.41) is 15.9. The van der Waals surface area contributed by atoms with Crippen molar-refractivity contribution in [1.82, 2.24) is 10.3 Å². The van der Waals surface area contributed by atoms with Gasteiger partial charge in [0.1, 0.15) is 0 Å². The van der Waals surface area contributed by atoms with Gasteiger partial charge in [0, 0.05) is 40.8 Å². The molecule has 2 unspecified atom stereocenters. The lowest BCUT2D eigenvalue weighted by Gasteiger charge is -2.27. The van der Waals surface area contributed by atoms with E-state index < -0.39 is 0 Å². The molecule has 0 saturated carbocycles. The van der Waals surface area contributed by atoms with E-state index in [2.05, 4.69) is 47.6 Å². The van der Waals surface area contributed by atoms with Gasteiger partial charge in [-0.15, -0.1) is 0 Å². The number of nitro benzene ring substituents is 1. The number of H-pyrrole nitrogens is 1. The first-order valence-electron chi connectivity index (χ1n) is 9.70. The number of hydrogen-bond donors (Lipinski definition) is 2. The fraction of sp³-hybridized carbons (Fsp3) is 0.364. The molecule has 0 spiro atoms. The number of nitrogens with zero attached hydrogens (tertiary/aromatic N) is 1. The number of hydrogen-bond acceptors (Lipinski definition) is 3. The summed E-state index contributed by atoms with van der Waals surface area (Å²) >= 11 is 0. The van der Waals surface area contributed by atoms with Crippen LogP contribution in [0.4, 0.5) is 5.69 Å². The Kier molecular flexibility index (Phi) is 4.94. The Hall–Kier alpha value is -2.66. The molecular formula is C22H25N3O2. The number of aromatic nitrogens is 1. The van der Waals surface area contributed by atoms with E-state index in [-0.39, 0.29) is 16.7 Å². The van der Waals surface area contributed by atoms with E-state index in [0.717, 1.165) is 43.0 Å². The lowest BCUT2D eigenvalue weighted by atomic mass is 9.91. The zero-order chi connectivity index (χ0) is 18.8. The van der Waals surface area contributed by atoms with Crippen molar-refractivity contribution >= 4 is 16.6 Å². The van der Waals surface area contributed by atoms with Gasteiger partial charge in [-0.05, 0) is 56.2 Å². The first-order chi connectivity index (χ1) is 13.1. The van der Waals surface area contributed by atoms with Gasteiger partial charge in [0.2, 0.25) is 0 Å². The molecule has 0 amide bonds. The maximum Gasteiger partial charge on any atom is 0.270 e. The highest BCUT2D eigenvalue weighted by atomic mass is 16.6. The minimum Gasteiger partial charge on any atom is -0.357 e. The molecule has 5 nitrogen and oxygen atoms in total. The predicted molar refractivity (Wildman–Crippen MR) is 108 cm³/mol. The fourth-order valence-corrected chi connectivity index (χ4v) is 4.19. The molecule has 0 bridgehead atoms. The van der Waals surface area contributed by atoms with Gasteiger partial charge in [-0.25, -0.2) is 0 Å². The largest absolute Gasteiger partial charge is 0.357 e. The molecule has 0 saturated heterocycles. The van der Waals surface area contributed by atoms with Crippen LogP contribution in [0.15, 0.2) is 48.5 Å². The average molecular weight is 363 g/mol. The molecule has 1 aliphatic rings. The second kappa shape index (κ2) is 7.53. The molecule has 1 aliphatic carbocycles. The van der Waals surface area contributed by atoms with Crippen LogP contribution in [-0.4, -0.2) is 15.9 Å². The van der Waals surface area contributed by atoms with E-state index in [1.54, 1.807) is 12.1 Å². The topological polar surface area (TPSA) is 71.0 Å². The predicted octanol–water partition coefficient (Wildman–Crippen LogP) is 5.06. The number of rotatable bonds is 6. The number of aromatic amines is 1. The third-order valence-corrected chi connectivity index (χ3v) is 5.60. The number of non-ortho nitro benzene ring substituents is 1. The molecule has 140 valence electrons. The van der Waals surface area contributed by atoms with Crippen LogP contribution in [0, 0.1) is 10.1 Å². The summed E-state index contributed by atoms with van der Waals surface area (Å²) in [6, 6.07) is 16.4. The molecule has 5 heteroatoms. The van der Waals surface area contributed by atoms with E-state index in [9.17, 15) is 10.1 Å². The highest BCUT2D eigenvalue weighted by Crippen LogP contribution is 2.36. The van der Waals surface area contributed by atoms with E-state index in [4.69, 9.17) is 0 Å². The number of nitrogens with one attached hydrogen (secondary N) is 2. The summed E-state index contributed by atoms with van der Waals surface area (Å²) in [5.74, 6) is 0. The molecule has 0 aliphatic heterocycles. The Balaban J connectivity index is 1.51. The van der Waals surface area contributed by atoms with Gasteiger partial charge >= 0.3 is 0 Å². The zero-order valence-corrected chi connectivity index (χ0v) is 15.6. The molecule has 2 atom stereocenters.